The van der Waals surface area contributed by atoms with E-state index < -0.39 is 0 Å². The number of methoxy groups -OCH3 is 1. The molecule has 2 aliphatic rings. The second kappa shape index (κ2) is 7.31. The van der Waals surface area contributed by atoms with Gasteiger partial charge in [-0.05, 0) is 31.6 Å². The maximum Gasteiger partial charge on any atom is 0.315 e. The Morgan fingerprint density at radius 3 is 3.00 bits per heavy atom. The van der Waals surface area contributed by atoms with Crippen LogP contribution in [-0.4, -0.2) is 48.2 Å². The summed E-state index contributed by atoms with van der Waals surface area (Å²) in [4.78, 5) is 12.4. The molecule has 1 aromatic rings. The van der Waals surface area contributed by atoms with E-state index in [1.54, 1.807) is 18.0 Å². The lowest BCUT2D eigenvalue weighted by atomic mass is 9.98. The molecule has 7 nitrogen and oxygen atoms in total. The molecule has 1 saturated carbocycles. The van der Waals surface area contributed by atoms with Crippen molar-refractivity contribution in [2.45, 2.75) is 43.9 Å². The molecule has 0 aromatic carbocycles. The molecule has 2 N–H and O–H groups in total. The summed E-state index contributed by atoms with van der Waals surface area (Å²) in [7, 11) is 3.55. The number of carbonyl (C=O) groups is 1. The minimum Gasteiger partial charge on any atom is -0.383 e. The Labute approximate surface area is 136 Å². The Morgan fingerprint density at radius 1 is 1.52 bits per heavy atom. The van der Waals surface area contributed by atoms with Crippen LogP contribution in [0.1, 0.15) is 37.4 Å². The van der Waals surface area contributed by atoms with Crippen LogP contribution < -0.4 is 10.6 Å². The van der Waals surface area contributed by atoms with E-state index in [-0.39, 0.29) is 24.2 Å². The fraction of sp³-hybridized carbons (Fsp3) is 0.750. The van der Waals surface area contributed by atoms with Crippen LogP contribution in [-0.2, 0) is 16.5 Å². The van der Waals surface area contributed by atoms with Crippen LogP contribution in [0.5, 0.6) is 0 Å². The average Bonchev–Trinajstić information content (AvgIpc) is 3.29. The third kappa shape index (κ3) is 4.23. The fourth-order valence-electron chi connectivity index (χ4n) is 3.20. The Hall–Kier alpha value is -1.60. The van der Waals surface area contributed by atoms with E-state index in [1.165, 1.54) is 12.8 Å². The number of urea groups is 1. The van der Waals surface area contributed by atoms with Gasteiger partial charge in [-0.2, -0.15) is 5.10 Å². The van der Waals surface area contributed by atoms with Crippen molar-refractivity contribution in [2.24, 2.45) is 13.0 Å². The largest absolute Gasteiger partial charge is 0.383 e. The molecule has 1 aliphatic heterocycles. The average molecular weight is 322 g/mol. The van der Waals surface area contributed by atoms with E-state index in [1.807, 2.05) is 13.2 Å². The number of hydrogen-bond acceptors (Lipinski definition) is 4. The van der Waals surface area contributed by atoms with Gasteiger partial charge in [0.1, 0.15) is 6.10 Å². The van der Waals surface area contributed by atoms with Gasteiger partial charge in [0.15, 0.2) is 0 Å². The van der Waals surface area contributed by atoms with Crippen molar-refractivity contribution in [3.63, 3.8) is 0 Å². The van der Waals surface area contributed by atoms with Crippen molar-refractivity contribution in [3.8, 4) is 0 Å². The van der Waals surface area contributed by atoms with E-state index >= 15 is 0 Å². The molecule has 7 heteroatoms. The third-order valence-corrected chi connectivity index (χ3v) is 4.55. The van der Waals surface area contributed by atoms with Crippen molar-refractivity contribution in [3.05, 3.63) is 18.0 Å². The number of nitrogens with one attached hydrogen (secondary N) is 2. The van der Waals surface area contributed by atoms with E-state index in [0.29, 0.717) is 19.1 Å². The highest BCUT2D eigenvalue weighted by molar-refractivity contribution is 5.74. The number of aryl methyl sites for hydroxylation is 1. The van der Waals surface area contributed by atoms with Crippen molar-refractivity contribution >= 4 is 6.03 Å². The maximum absolute atomic E-state index is 12.4. The summed E-state index contributed by atoms with van der Waals surface area (Å²) in [5.41, 5.74) is 1.01. The van der Waals surface area contributed by atoms with Crippen molar-refractivity contribution < 1.29 is 14.3 Å². The fourth-order valence-corrected chi connectivity index (χ4v) is 3.20. The number of carbonyl (C=O) groups excluding carboxylic acids is 1. The highest BCUT2D eigenvalue weighted by atomic mass is 16.5. The maximum atomic E-state index is 12.4. The summed E-state index contributed by atoms with van der Waals surface area (Å²) < 4.78 is 12.8. The SMILES string of the molecule is COC[C@H](NC(=O)N[C@H]1CCCO[C@@H]1c1cnn(C)c1)C1CC1. The molecular weight excluding hydrogens is 296 g/mol. The Balaban J connectivity index is 1.58. The number of hydrogen-bond donors (Lipinski definition) is 2. The molecule has 23 heavy (non-hydrogen) atoms. The molecule has 128 valence electrons. The highest BCUT2D eigenvalue weighted by Crippen LogP contribution is 2.33. The van der Waals surface area contributed by atoms with Gasteiger partial charge < -0.3 is 20.1 Å². The Kier molecular flexibility index (Phi) is 5.17. The molecule has 3 atom stereocenters. The summed E-state index contributed by atoms with van der Waals surface area (Å²) in [6, 6.07) is -0.0694. The Morgan fingerprint density at radius 2 is 2.35 bits per heavy atom. The first-order chi connectivity index (χ1) is 11.2. The lowest BCUT2D eigenvalue weighted by Gasteiger charge is -2.32. The molecule has 1 aromatic heterocycles. The normalized spacial score (nSPS) is 25.8. The summed E-state index contributed by atoms with van der Waals surface area (Å²) in [5, 5.41) is 10.3. The molecule has 2 heterocycles. The van der Waals surface area contributed by atoms with Crippen LogP contribution in [0.25, 0.3) is 0 Å². The Bertz CT molecular complexity index is 529. The van der Waals surface area contributed by atoms with Gasteiger partial charge in [-0.15, -0.1) is 0 Å². The van der Waals surface area contributed by atoms with Gasteiger partial charge in [-0.25, -0.2) is 4.79 Å². The number of nitrogens with zero attached hydrogens (tertiary/aromatic N) is 2. The van der Waals surface area contributed by atoms with Crippen molar-refractivity contribution in [1.29, 1.82) is 0 Å². The quantitative estimate of drug-likeness (QED) is 0.829. The van der Waals surface area contributed by atoms with Gasteiger partial charge in [0.25, 0.3) is 0 Å². The molecule has 0 unspecified atom stereocenters. The standard InChI is InChI=1S/C16H26N4O3/c1-20-9-12(8-17-20)15-13(4-3-7-23-15)18-16(21)19-14(10-22-2)11-5-6-11/h8-9,11,13-15H,3-7,10H2,1-2H3,(H2,18,19,21)/t13-,14-,15+/m0/s1. The van der Waals surface area contributed by atoms with E-state index in [2.05, 4.69) is 15.7 Å². The first-order valence-electron chi connectivity index (χ1n) is 8.33. The monoisotopic (exact) mass is 322 g/mol. The van der Waals surface area contributed by atoms with E-state index in [9.17, 15) is 4.79 Å². The lowest BCUT2D eigenvalue weighted by molar-refractivity contribution is -0.00766. The van der Waals surface area contributed by atoms with Gasteiger partial charge in [0.2, 0.25) is 0 Å². The molecule has 2 amide bonds. The van der Waals surface area contributed by atoms with Crippen molar-refractivity contribution in [2.75, 3.05) is 20.3 Å². The predicted molar refractivity (Wildman–Crippen MR) is 85.0 cm³/mol. The summed E-state index contributed by atoms with van der Waals surface area (Å²) in [6.45, 7) is 1.28. The van der Waals surface area contributed by atoms with E-state index in [4.69, 9.17) is 9.47 Å². The summed E-state index contributed by atoms with van der Waals surface area (Å²) >= 11 is 0. The number of ether oxygens (including phenoxy) is 2. The van der Waals surface area contributed by atoms with Crippen molar-refractivity contribution in [1.82, 2.24) is 20.4 Å². The zero-order chi connectivity index (χ0) is 16.2. The summed E-state index contributed by atoms with van der Waals surface area (Å²) in [6.07, 6.45) is 7.81. The first-order valence-corrected chi connectivity index (χ1v) is 8.33. The highest BCUT2D eigenvalue weighted by Gasteiger charge is 2.34. The molecule has 3 rings (SSSR count). The topological polar surface area (TPSA) is 77.4 Å². The number of aromatic nitrogens is 2. The smallest absolute Gasteiger partial charge is 0.315 e. The third-order valence-electron chi connectivity index (χ3n) is 4.55. The molecular formula is C16H26N4O3. The molecule has 0 radical (unpaired) electrons. The number of amides is 2. The minimum atomic E-state index is -0.136. The number of rotatable bonds is 6. The van der Waals surface area contributed by atoms with Crippen LogP contribution in [0.4, 0.5) is 4.79 Å². The van der Waals surface area contributed by atoms with Crippen LogP contribution in [0.15, 0.2) is 12.4 Å². The molecule has 1 saturated heterocycles. The molecule has 0 bridgehead atoms. The second-order valence-corrected chi connectivity index (χ2v) is 6.50. The first kappa shape index (κ1) is 16.3. The van der Waals surface area contributed by atoms with Crippen LogP contribution >= 0.6 is 0 Å². The lowest BCUT2D eigenvalue weighted by Crippen LogP contribution is -2.51. The minimum absolute atomic E-state index is 0.0321. The molecule has 2 fully saturated rings. The molecule has 0 spiro atoms. The van der Waals surface area contributed by atoms with Gasteiger partial charge in [-0.3, -0.25) is 4.68 Å². The second-order valence-electron chi connectivity index (χ2n) is 6.50. The summed E-state index contributed by atoms with van der Waals surface area (Å²) in [5.74, 6) is 0.553. The van der Waals surface area contributed by atoms with Gasteiger partial charge in [0, 0.05) is 32.5 Å². The van der Waals surface area contributed by atoms with Crippen LogP contribution in [0.2, 0.25) is 0 Å². The zero-order valence-corrected chi connectivity index (χ0v) is 13.8. The van der Waals surface area contributed by atoms with Gasteiger partial charge >= 0.3 is 6.03 Å². The van der Waals surface area contributed by atoms with Crippen LogP contribution in [0.3, 0.4) is 0 Å². The van der Waals surface area contributed by atoms with E-state index in [0.717, 1.165) is 18.4 Å². The predicted octanol–water partition coefficient (Wildman–Crippen LogP) is 1.36. The van der Waals surface area contributed by atoms with Gasteiger partial charge in [0.05, 0.1) is 24.9 Å². The molecule has 1 aliphatic carbocycles. The zero-order valence-electron chi connectivity index (χ0n) is 13.8. The van der Waals surface area contributed by atoms with Gasteiger partial charge in [-0.1, -0.05) is 0 Å². The van der Waals surface area contributed by atoms with Crippen LogP contribution in [0, 0.1) is 5.92 Å².